The number of hydrogen-bond donors (Lipinski definition) is 1. The number of esters is 1. The number of rotatable bonds is 7. The van der Waals surface area contributed by atoms with Gasteiger partial charge < -0.3 is 15.0 Å². The van der Waals surface area contributed by atoms with E-state index in [4.69, 9.17) is 27.9 Å². The van der Waals surface area contributed by atoms with Crippen molar-refractivity contribution in [1.29, 1.82) is 0 Å². The summed E-state index contributed by atoms with van der Waals surface area (Å²) in [6.07, 6.45) is 7.29. The van der Waals surface area contributed by atoms with Gasteiger partial charge >= 0.3 is 5.97 Å². The average Bonchev–Trinajstić information content (AvgIpc) is 3.52. The molecule has 7 nitrogen and oxygen atoms in total. The first-order valence-electron chi connectivity index (χ1n) is 13.9. The number of allylic oxidation sites excluding steroid dienone is 4. The van der Waals surface area contributed by atoms with Crippen molar-refractivity contribution in [2.45, 2.75) is 30.8 Å². The number of amides is 2. The van der Waals surface area contributed by atoms with Crippen molar-refractivity contribution in [2.75, 3.05) is 30.4 Å². The molecule has 218 valence electrons. The highest BCUT2D eigenvalue weighted by molar-refractivity contribution is 6.31. The third-order valence-electron chi connectivity index (χ3n) is 9.09. The minimum Gasteiger partial charge on any atom is -0.465 e. The summed E-state index contributed by atoms with van der Waals surface area (Å²) in [5.74, 6) is -3.34. The predicted molar refractivity (Wildman–Crippen MR) is 160 cm³/mol. The van der Waals surface area contributed by atoms with E-state index in [-0.39, 0.29) is 23.4 Å². The Bertz CT molecular complexity index is 1540. The lowest BCUT2D eigenvalue weighted by Gasteiger charge is -2.43. The molecule has 4 aliphatic rings. The lowest BCUT2D eigenvalue weighted by atomic mass is 9.73. The number of nitrogens with one attached hydrogen (secondary N) is 1. The van der Waals surface area contributed by atoms with E-state index in [1.165, 1.54) is 25.3 Å². The smallest absolute Gasteiger partial charge is 0.337 e. The number of likely N-dealkylation sites (tertiary alicyclic amines) is 1. The Morgan fingerprint density at radius 3 is 2.60 bits per heavy atom. The van der Waals surface area contributed by atoms with Crippen molar-refractivity contribution in [1.82, 2.24) is 4.90 Å². The molecule has 3 heterocycles. The van der Waals surface area contributed by atoms with Gasteiger partial charge in [0.2, 0.25) is 11.8 Å². The quantitative estimate of drug-likeness (QED) is 0.299. The Morgan fingerprint density at radius 2 is 1.95 bits per heavy atom. The number of anilines is 2. The average molecular weight is 611 g/mol. The fraction of sp³-hybridized carbons (Fsp3) is 0.344. The zero-order valence-electron chi connectivity index (χ0n) is 23.0. The maximum Gasteiger partial charge on any atom is 0.337 e. The zero-order valence-corrected chi connectivity index (χ0v) is 24.5. The van der Waals surface area contributed by atoms with Gasteiger partial charge in [-0.1, -0.05) is 48.3 Å². The van der Waals surface area contributed by atoms with Crippen molar-refractivity contribution in [3.63, 3.8) is 0 Å². The summed E-state index contributed by atoms with van der Waals surface area (Å²) in [6, 6.07) is 11.3. The number of halogens is 3. The van der Waals surface area contributed by atoms with Gasteiger partial charge in [0, 0.05) is 46.1 Å². The van der Waals surface area contributed by atoms with Crippen LogP contribution in [0.5, 0.6) is 0 Å². The molecule has 3 fully saturated rings. The third-order valence-corrected chi connectivity index (χ3v) is 9.45. The summed E-state index contributed by atoms with van der Waals surface area (Å²) in [7, 11) is 1.31. The van der Waals surface area contributed by atoms with Gasteiger partial charge in [0.1, 0.15) is 11.4 Å². The monoisotopic (exact) mass is 609 g/mol. The third kappa shape index (κ3) is 4.48. The van der Waals surface area contributed by atoms with Gasteiger partial charge in [-0.25, -0.2) is 9.18 Å². The second-order valence-electron chi connectivity index (χ2n) is 11.3. The molecule has 2 aromatic carbocycles. The van der Waals surface area contributed by atoms with E-state index in [0.717, 1.165) is 19.3 Å². The second-order valence-corrected chi connectivity index (χ2v) is 12.2. The minimum absolute atomic E-state index is 0.224. The molecule has 10 heteroatoms. The van der Waals surface area contributed by atoms with Crippen LogP contribution in [0.1, 0.15) is 35.2 Å². The van der Waals surface area contributed by atoms with E-state index in [1.54, 1.807) is 47.4 Å². The molecule has 42 heavy (non-hydrogen) atoms. The Kier molecular flexibility index (Phi) is 7.50. The molecule has 4 atom stereocenters. The van der Waals surface area contributed by atoms with Crippen LogP contribution in [0, 0.1) is 17.8 Å². The van der Waals surface area contributed by atoms with Crippen molar-refractivity contribution < 1.29 is 23.5 Å². The molecule has 1 saturated carbocycles. The number of carbonyl (C=O) groups is 3. The second kappa shape index (κ2) is 11.0. The first-order valence-corrected chi connectivity index (χ1v) is 14.7. The van der Waals surface area contributed by atoms with E-state index in [0.29, 0.717) is 40.0 Å². The van der Waals surface area contributed by atoms with Gasteiger partial charge in [-0.3, -0.25) is 14.5 Å². The number of ether oxygens (including phenoxy) is 1. The van der Waals surface area contributed by atoms with Crippen LogP contribution in [0.2, 0.25) is 5.02 Å². The molecule has 2 amide bonds. The molecule has 1 aliphatic carbocycles. The normalized spacial score (nSPS) is 27.4. The minimum atomic E-state index is -1.44. The van der Waals surface area contributed by atoms with Gasteiger partial charge in [0.05, 0.1) is 24.5 Å². The van der Waals surface area contributed by atoms with Gasteiger partial charge in [-0.2, -0.15) is 0 Å². The van der Waals surface area contributed by atoms with Crippen LogP contribution in [0.25, 0.3) is 0 Å². The highest BCUT2D eigenvalue weighted by Crippen LogP contribution is 2.60. The molecule has 3 aliphatic heterocycles. The summed E-state index contributed by atoms with van der Waals surface area (Å²) in [5, 5.41) is 3.63. The number of hydrogen-bond acceptors (Lipinski definition) is 5. The SMILES string of the molecule is C=C(Cl)/C=C\C=C(/F)[C@@H]1[C@H]2C(=O)N(c3ccc(C(=O)OC)cc3)C[C@H]2N(CC2CCC2)[C@]12C(=O)Nc1cc(Cl)ccc12. The maximum absolute atomic E-state index is 16.6. The topological polar surface area (TPSA) is 79.0 Å². The fourth-order valence-electron chi connectivity index (χ4n) is 7.06. The number of benzene rings is 2. The number of nitrogens with zero attached hydrogens (tertiary/aromatic N) is 2. The molecule has 0 radical (unpaired) electrons. The number of carbonyl (C=O) groups excluding carboxylic acids is 3. The van der Waals surface area contributed by atoms with Crippen LogP contribution in [0.15, 0.2) is 78.1 Å². The number of fused-ring (bicyclic) bond motifs is 3. The first-order chi connectivity index (χ1) is 20.2. The number of methoxy groups -OCH3 is 1. The molecule has 0 bridgehead atoms. The van der Waals surface area contributed by atoms with Gasteiger partial charge in [-0.05, 0) is 67.3 Å². The van der Waals surface area contributed by atoms with E-state index in [9.17, 15) is 14.4 Å². The van der Waals surface area contributed by atoms with Crippen LogP contribution in [0.3, 0.4) is 0 Å². The molecule has 0 unspecified atom stereocenters. The van der Waals surface area contributed by atoms with E-state index >= 15 is 4.39 Å². The van der Waals surface area contributed by atoms with Crippen molar-refractivity contribution >= 4 is 52.4 Å². The highest BCUT2D eigenvalue weighted by Gasteiger charge is 2.71. The Hall–Kier alpha value is -3.46. The molecule has 0 aromatic heterocycles. The summed E-state index contributed by atoms with van der Waals surface area (Å²) in [6.45, 7) is 4.44. The predicted octanol–water partition coefficient (Wildman–Crippen LogP) is 6.20. The van der Waals surface area contributed by atoms with Crippen molar-refractivity contribution in [2.24, 2.45) is 17.8 Å². The molecule has 1 spiro atoms. The standard InChI is InChI=1S/C32H30Cl2FN3O4/c1-18(33)5-3-8-24(35)28-27-26(17-37(29(27)39)22-12-9-20(10-13-22)30(40)42-2)38(16-19-6-4-7-19)32(28)23-14-11-21(34)15-25(23)36-31(32)41/h3,5,8-15,19,26-28H,1,4,6-7,16-17H2,2H3,(H,36,41)/b5-3-,24-8-/t26-,27+,28-,32+/m1/s1. The van der Waals surface area contributed by atoms with Gasteiger partial charge in [-0.15, -0.1) is 0 Å². The Labute approximate surface area is 253 Å². The molecule has 1 N–H and O–H groups in total. The Morgan fingerprint density at radius 1 is 1.21 bits per heavy atom. The highest BCUT2D eigenvalue weighted by atomic mass is 35.5. The van der Waals surface area contributed by atoms with Crippen molar-refractivity contribution in [3.8, 4) is 0 Å². The Balaban J connectivity index is 1.49. The van der Waals surface area contributed by atoms with Crippen LogP contribution in [-0.2, 0) is 19.9 Å². The largest absolute Gasteiger partial charge is 0.465 e. The van der Waals surface area contributed by atoms with E-state index < -0.39 is 35.2 Å². The van der Waals surface area contributed by atoms with Crippen LogP contribution in [-0.4, -0.2) is 48.9 Å². The van der Waals surface area contributed by atoms with Gasteiger partial charge in [0.25, 0.3) is 0 Å². The van der Waals surface area contributed by atoms with Crippen LogP contribution < -0.4 is 10.2 Å². The molecular formula is C32H30Cl2FN3O4. The molecule has 2 saturated heterocycles. The molecular weight excluding hydrogens is 580 g/mol. The molecule has 6 rings (SSSR count). The van der Waals surface area contributed by atoms with Crippen molar-refractivity contribution in [3.05, 3.63) is 94.3 Å². The lowest BCUT2D eigenvalue weighted by molar-refractivity contribution is -0.130. The summed E-state index contributed by atoms with van der Waals surface area (Å²) in [5.41, 5.74) is 0.650. The van der Waals surface area contributed by atoms with Gasteiger partial charge in [0.15, 0.2) is 0 Å². The van der Waals surface area contributed by atoms with E-state index in [1.807, 2.05) is 0 Å². The first kappa shape index (κ1) is 28.6. The van der Waals surface area contributed by atoms with E-state index in [2.05, 4.69) is 16.8 Å². The maximum atomic E-state index is 16.6. The van der Waals surface area contributed by atoms with Crippen LogP contribution >= 0.6 is 23.2 Å². The molecule has 2 aromatic rings. The zero-order chi connectivity index (χ0) is 29.8. The lowest BCUT2D eigenvalue weighted by Crippen LogP contribution is -2.56. The fourth-order valence-corrected chi connectivity index (χ4v) is 7.30. The summed E-state index contributed by atoms with van der Waals surface area (Å²) in [4.78, 5) is 44.1. The summed E-state index contributed by atoms with van der Waals surface area (Å²) >= 11 is 12.2. The summed E-state index contributed by atoms with van der Waals surface area (Å²) < 4.78 is 21.4. The van der Waals surface area contributed by atoms with Crippen LogP contribution in [0.4, 0.5) is 15.8 Å².